The van der Waals surface area contributed by atoms with Crippen LogP contribution in [0.4, 0.5) is 0 Å². The first kappa shape index (κ1) is 49.6. The Bertz CT molecular complexity index is 2200. The summed E-state index contributed by atoms with van der Waals surface area (Å²) >= 11 is 0. The van der Waals surface area contributed by atoms with Gasteiger partial charge < -0.3 is 129 Å². The van der Waals surface area contributed by atoms with E-state index < -0.39 is 205 Å². The lowest BCUT2D eigenvalue weighted by Crippen LogP contribution is -2.65. The summed E-state index contributed by atoms with van der Waals surface area (Å²) in [4.78, 5) is 14.4. The first-order valence-corrected chi connectivity index (χ1v) is 20.2. The van der Waals surface area contributed by atoms with Crippen LogP contribution in [0.15, 0.2) is 33.5 Å². The van der Waals surface area contributed by atoms with E-state index in [0.29, 0.717) is 0 Å². The number of aliphatic hydroxyl groups excluding tert-OH is 13. The van der Waals surface area contributed by atoms with Gasteiger partial charge in [-0.15, -0.1) is 0 Å². The molecule has 4 saturated heterocycles. The molecule has 17 N–H and O–H groups in total. The van der Waals surface area contributed by atoms with Crippen molar-refractivity contribution < 1.29 is 129 Å². The van der Waals surface area contributed by atoms with Gasteiger partial charge in [0, 0.05) is 17.7 Å². The summed E-state index contributed by atoms with van der Waals surface area (Å²) in [6.45, 7) is -1.30. The van der Waals surface area contributed by atoms with E-state index in [1.807, 2.05) is 0 Å². The van der Waals surface area contributed by atoms with E-state index in [2.05, 4.69) is 0 Å². The number of aliphatic hydroxyl groups is 13. The lowest BCUT2D eigenvalue weighted by atomic mass is 9.97. The van der Waals surface area contributed by atoms with Crippen LogP contribution >= 0.6 is 0 Å². The zero-order chi connectivity index (χ0) is 48.2. The normalized spacial score (nSPS) is 39.7. The quantitative estimate of drug-likeness (QED) is 0.0750. The summed E-state index contributed by atoms with van der Waals surface area (Å²) in [5.74, 6) is -5.92. The molecule has 4 aliphatic rings. The average molecular weight is 951 g/mol. The van der Waals surface area contributed by atoms with Crippen LogP contribution in [0.25, 0.3) is 22.3 Å². The summed E-state index contributed by atoms with van der Waals surface area (Å²) in [6, 6.07) is 3.41. The minimum atomic E-state index is -2.14. The fourth-order valence-electron chi connectivity index (χ4n) is 7.86. The van der Waals surface area contributed by atoms with Crippen molar-refractivity contribution in [1.29, 1.82) is 0 Å². The van der Waals surface area contributed by atoms with Gasteiger partial charge in [0.25, 0.3) is 0 Å². The van der Waals surface area contributed by atoms with Gasteiger partial charge in [-0.05, 0) is 19.1 Å². The molecule has 4 aliphatic heterocycles. The van der Waals surface area contributed by atoms with Crippen molar-refractivity contribution in [2.45, 2.75) is 130 Å². The molecule has 0 saturated carbocycles. The maximum absolute atomic E-state index is 14.4. The Balaban J connectivity index is 1.22. The van der Waals surface area contributed by atoms with Gasteiger partial charge >= 0.3 is 0 Å². The number of aromatic hydroxyl groups is 4. The van der Waals surface area contributed by atoms with E-state index >= 15 is 0 Å². The van der Waals surface area contributed by atoms with Gasteiger partial charge in [-0.1, -0.05) is 0 Å². The highest BCUT2D eigenvalue weighted by Gasteiger charge is 2.53. The molecule has 1 aromatic heterocycles. The molecule has 27 nitrogen and oxygen atoms in total. The topological polar surface area (TPSA) is 448 Å². The van der Waals surface area contributed by atoms with Gasteiger partial charge in [-0.2, -0.15) is 0 Å². The molecule has 20 atom stereocenters. The van der Waals surface area contributed by atoms with Crippen LogP contribution in [0.3, 0.4) is 0 Å². The second kappa shape index (κ2) is 19.7. The number of fused-ring (bicyclic) bond motifs is 1. The SMILES string of the molecule is CC1OC(Oc2cc(O)c3c(=O)c(OC4OC(CO)C(O)C(O)C4OC4OC(CO)C(O)C(O)C4O)c(-c4cc(O)c(O)c(O)c4)oc3c2)C(O)C(O)C1OC1OC(CO)C(O)C(O)C1O. The van der Waals surface area contributed by atoms with E-state index in [-0.39, 0.29) is 0 Å². The van der Waals surface area contributed by atoms with Crippen LogP contribution in [0.1, 0.15) is 6.92 Å². The fraction of sp³-hybridized carbons (Fsp3) is 0.615. The third-order valence-electron chi connectivity index (χ3n) is 11.6. The highest BCUT2D eigenvalue weighted by Crippen LogP contribution is 2.44. The maximum Gasteiger partial charge on any atom is 0.239 e. The molecule has 20 unspecified atom stereocenters. The number of phenolic OH excluding ortho intramolecular Hbond substituents is 4. The van der Waals surface area contributed by atoms with Crippen molar-refractivity contribution in [3.63, 3.8) is 0 Å². The van der Waals surface area contributed by atoms with Crippen molar-refractivity contribution in [3.05, 3.63) is 34.5 Å². The lowest BCUT2D eigenvalue weighted by Gasteiger charge is -2.45. The Hall–Kier alpha value is -4.31. The molecular weight excluding hydrogens is 900 g/mol. The highest BCUT2D eigenvalue weighted by molar-refractivity contribution is 5.88. The van der Waals surface area contributed by atoms with E-state index in [9.17, 15) is 91.6 Å². The number of benzene rings is 2. The standard InChI is InChI=1S/C39H50O27/c1-9-32(64-37-29(55)25(51)21(47)16(6-40)61-37)28(54)31(57)36(58-9)59-11-4-12(43)19-15(5-11)60-33(10-2-13(44)20(46)14(45)3-10)34(24(19)50)65-39-35(27(53)23(49)18(8-42)63-39)66-38-30(56)26(52)22(48)17(7-41)62-38/h2-5,9,16-18,21-23,25-32,35-49,51-57H,6-8H2,1H3. The zero-order valence-corrected chi connectivity index (χ0v) is 34.2. The van der Waals surface area contributed by atoms with E-state index in [1.165, 1.54) is 6.92 Å². The van der Waals surface area contributed by atoms with E-state index in [4.69, 9.17) is 42.3 Å². The van der Waals surface area contributed by atoms with E-state index in [1.54, 1.807) is 0 Å². The van der Waals surface area contributed by atoms with Crippen LogP contribution in [0.5, 0.6) is 34.5 Å². The molecule has 5 heterocycles. The monoisotopic (exact) mass is 950 g/mol. The molecule has 3 aromatic rings. The highest BCUT2D eigenvalue weighted by atomic mass is 16.8. The predicted molar refractivity (Wildman–Crippen MR) is 207 cm³/mol. The Morgan fingerprint density at radius 2 is 0.985 bits per heavy atom. The molecular formula is C39H50O27. The predicted octanol–water partition coefficient (Wildman–Crippen LogP) is -6.68. The van der Waals surface area contributed by atoms with E-state index in [0.717, 1.165) is 24.3 Å². The molecule has 66 heavy (non-hydrogen) atoms. The van der Waals surface area contributed by atoms with Crippen molar-refractivity contribution in [1.82, 2.24) is 0 Å². The molecule has 0 radical (unpaired) electrons. The second-order valence-corrected chi connectivity index (χ2v) is 16.0. The van der Waals surface area contributed by atoms with Crippen LogP contribution in [0.2, 0.25) is 0 Å². The molecule has 0 amide bonds. The summed E-state index contributed by atoms with van der Waals surface area (Å²) in [5, 5.41) is 177. The summed E-state index contributed by atoms with van der Waals surface area (Å²) in [7, 11) is 0. The minimum Gasteiger partial charge on any atom is -0.507 e. The van der Waals surface area contributed by atoms with Crippen LogP contribution < -0.4 is 14.9 Å². The molecule has 4 fully saturated rings. The second-order valence-electron chi connectivity index (χ2n) is 16.0. The third-order valence-corrected chi connectivity index (χ3v) is 11.6. The first-order valence-electron chi connectivity index (χ1n) is 20.2. The number of ether oxygens (including phenoxy) is 8. The van der Waals surface area contributed by atoms with Gasteiger partial charge in [-0.25, -0.2) is 0 Å². The molecule has 0 aliphatic carbocycles. The van der Waals surface area contributed by atoms with Crippen molar-refractivity contribution in [2.24, 2.45) is 0 Å². The third kappa shape index (κ3) is 9.18. The maximum atomic E-state index is 14.4. The van der Waals surface area contributed by atoms with Crippen LogP contribution in [-0.4, -0.2) is 229 Å². The van der Waals surface area contributed by atoms with Crippen molar-refractivity contribution >= 4 is 11.0 Å². The summed E-state index contributed by atoms with van der Waals surface area (Å²) < 4.78 is 51.0. The zero-order valence-electron chi connectivity index (χ0n) is 34.2. The first-order chi connectivity index (χ1) is 31.2. The molecule has 0 spiro atoms. The Morgan fingerprint density at radius 3 is 1.52 bits per heavy atom. The number of hydrogen-bond donors (Lipinski definition) is 17. The number of hydrogen-bond acceptors (Lipinski definition) is 27. The minimum absolute atomic E-state index is 0.401. The molecule has 2 aromatic carbocycles. The van der Waals surface area contributed by atoms with Gasteiger partial charge in [0.15, 0.2) is 41.7 Å². The summed E-state index contributed by atoms with van der Waals surface area (Å²) in [5.41, 5.74) is -2.24. The Morgan fingerprint density at radius 1 is 0.515 bits per heavy atom. The fourth-order valence-corrected chi connectivity index (χ4v) is 7.86. The molecule has 27 heteroatoms. The Labute approximate surface area is 369 Å². The largest absolute Gasteiger partial charge is 0.507 e. The Kier molecular flexibility index (Phi) is 14.8. The van der Waals surface area contributed by atoms with Gasteiger partial charge in [0.1, 0.15) is 108 Å². The van der Waals surface area contributed by atoms with Crippen LogP contribution in [0, 0.1) is 0 Å². The van der Waals surface area contributed by atoms with Crippen LogP contribution in [-0.2, 0) is 28.4 Å². The van der Waals surface area contributed by atoms with Gasteiger partial charge in [0.05, 0.1) is 25.9 Å². The van der Waals surface area contributed by atoms with Crippen molar-refractivity contribution in [2.75, 3.05) is 19.8 Å². The van der Waals surface area contributed by atoms with Gasteiger partial charge in [-0.3, -0.25) is 4.79 Å². The van der Waals surface area contributed by atoms with Crippen molar-refractivity contribution in [3.8, 4) is 45.8 Å². The van der Waals surface area contributed by atoms with Gasteiger partial charge in [0.2, 0.25) is 23.8 Å². The lowest BCUT2D eigenvalue weighted by molar-refractivity contribution is -0.358. The molecule has 7 rings (SSSR count). The summed E-state index contributed by atoms with van der Waals surface area (Å²) in [6.07, 6.45) is -36.1. The average Bonchev–Trinajstić information content (AvgIpc) is 3.28. The molecule has 0 bridgehead atoms. The smallest absolute Gasteiger partial charge is 0.239 e. The molecule has 368 valence electrons. The number of rotatable bonds is 12. The number of phenols is 4.